The van der Waals surface area contributed by atoms with Crippen LogP contribution in [0.3, 0.4) is 0 Å². The van der Waals surface area contributed by atoms with Gasteiger partial charge in [-0.15, -0.1) is 0 Å². The van der Waals surface area contributed by atoms with Crippen LogP contribution in [0.2, 0.25) is 5.15 Å². The van der Waals surface area contributed by atoms with Crippen LogP contribution in [0, 0.1) is 0 Å². The van der Waals surface area contributed by atoms with Crippen molar-refractivity contribution in [1.29, 1.82) is 0 Å². The third kappa shape index (κ3) is 2.52. The van der Waals surface area contributed by atoms with Crippen LogP contribution in [0.1, 0.15) is 20.3 Å². The smallest absolute Gasteiger partial charge is 0.157 e. The summed E-state index contributed by atoms with van der Waals surface area (Å²) in [6.45, 7) is 8.48. The Morgan fingerprint density at radius 3 is 2.83 bits per heavy atom. The Morgan fingerprint density at radius 1 is 1.44 bits per heavy atom. The molecule has 1 aliphatic rings. The molecule has 1 saturated heterocycles. The van der Waals surface area contributed by atoms with E-state index in [1.165, 1.54) is 6.33 Å². The highest BCUT2D eigenvalue weighted by Gasteiger charge is 2.28. The summed E-state index contributed by atoms with van der Waals surface area (Å²) in [5, 5.41) is 0.339. The summed E-state index contributed by atoms with van der Waals surface area (Å²) in [5.74, 6) is 0.768. The quantitative estimate of drug-likeness (QED) is 0.842. The average molecular weight is 270 g/mol. The Morgan fingerprint density at radius 2 is 2.17 bits per heavy atom. The predicted octanol–water partition coefficient (Wildman–Crippen LogP) is 1.63. The molecule has 5 nitrogen and oxygen atoms in total. The van der Waals surface area contributed by atoms with Gasteiger partial charge in [0.15, 0.2) is 11.0 Å². The number of hydrogen-bond donors (Lipinski definition) is 1. The molecule has 1 unspecified atom stereocenters. The van der Waals surface area contributed by atoms with Crippen LogP contribution in [0.15, 0.2) is 6.33 Å². The molecule has 0 bridgehead atoms. The fourth-order valence-corrected chi connectivity index (χ4v) is 2.72. The second-order valence-corrected chi connectivity index (χ2v) is 4.87. The highest BCUT2D eigenvalue weighted by molar-refractivity contribution is 6.32. The van der Waals surface area contributed by atoms with Crippen LogP contribution >= 0.6 is 11.6 Å². The fraction of sp³-hybridized carbons (Fsp3) is 0.667. The minimum atomic E-state index is 0.339. The molecule has 0 aliphatic carbocycles. The lowest BCUT2D eigenvalue weighted by molar-refractivity contribution is 0.232. The largest absolute Gasteiger partial charge is 0.393 e. The van der Waals surface area contributed by atoms with Crippen LogP contribution in [0.25, 0.3) is 0 Å². The Kier molecular flexibility index (Phi) is 4.24. The van der Waals surface area contributed by atoms with Gasteiger partial charge >= 0.3 is 0 Å². The third-order valence-electron chi connectivity index (χ3n) is 3.61. The molecule has 0 amide bonds. The molecule has 1 aromatic heterocycles. The van der Waals surface area contributed by atoms with Gasteiger partial charge in [0.05, 0.1) is 0 Å². The summed E-state index contributed by atoms with van der Waals surface area (Å²) < 4.78 is 0. The number of nitrogens with zero attached hydrogens (tertiary/aromatic N) is 4. The molecule has 1 atom stereocenters. The molecule has 1 fully saturated rings. The lowest BCUT2D eigenvalue weighted by Gasteiger charge is -2.26. The van der Waals surface area contributed by atoms with Gasteiger partial charge in [0.2, 0.25) is 0 Å². The minimum absolute atomic E-state index is 0.339. The molecular weight excluding hydrogens is 250 g/mol. The fourth-order valence-electron chi connectivity index (χ4n) is 2.59. The molecule has 0 aromatic carbocycles. The molecule has 1 aromatic rings. The number of aromatic nitrogens is 2. The second kappa shape index (κ2) is 5.71. The number of nitrogen functional groups attached to an aromatic ring is 1. The first-order valence-electron chi connectivity index (χ1n) is 6.42. The zero-order chi connectivity index (χ0) is 13.1. The van der Waals surface area contributed by atoms with Crippen LogP contribution in [0.4, 0.5) is 11.5 Å². The van der Waals surface area contributed by atoms with Crippen molar-refractivity contribution < 1.29 is 0 Å². The van der Waals surface area contributed by atoms with E-state index in [1.54, 1.807) is 0 Å². The monoisotopic (exact) mass is 269 g/mol. The number of likely N-dealkylation sites (N-methyl/N-ethyl adjacent to an activating group) is 1. The summed E-state index contributed by atoms with van der Waals surface area (Å²) >= 11 is 5.93. The SMILES string of the molecule is CCN(CC)C1CCN(c2ncnc(Cl)c2N)C1. The van der Waals surface area contributed by atoms with E-state index in [-0.39, 0.29) is 0 Å². The molecule has 2 N–H and O–H groups in total. The highest BCUT2D eigenvalue weighted by atomic mass is 35.5. The topological polar surface area (TPSA) is 58.3 Å². The van der Waals surface area contributed by atoms with Gasteiger partial charge < -0.3 is 10.6 Å². The first-order valence-corrected chi connectivity index (χ1v) is 6.80. The predicted molar refractivity (Wildman–Crippen MR) is 75.0 cm³/mol. The van der Waals surface area contributed by atoms with Gasteiger partial charge in [0.1, 0.15) is 12.0 Å². The molecule has 1 aliphatic heterocycles. The van der Waals surface area contributed by atoms with E-state index in [9.17, 15) is 0 Å². The second-order valence-electron chi connectivity index (χ2n) is 4.51. The lowest BCUT2D eigenvalue weighted by Crippen LogP contribution is -2.37. The van der Waals surface area contributed by atoms with Crippen molar-refractivity contribution >= 4 is 23.1 Å². The molecule has 0 spiro atoms. The van der Waals surface area contributed by atoms with E-state index < -0.39 is 0 Å². The zero-order valence-electron chi connectivity index (χ0n) is 10.9. The highest BCUT2D eigenvalue weighted by Crippen LogP contribution is 2.29. The van der Waals surface area contributed by atoms with Crippen molar-refractivity contribution in [3.05, 3.63) is 11.5 Å². The number of halogens is 1. The molecule has 2 rings (SSSR count). The van der Waals surface area contributed by atoms with Gasteiger partial charge in [0, 0.05) is 19.1 Å². The van der Waals surface area contributed by atoms with Crippen LogP contribution < -0.4 is 10.6 Å². The number of hydrogen-bond acceptors (Lipinski definition) is 5. The normalized spacial score (nSPS) is 19.8. The zero-order valence-corrected chi connectivity index (χ0v) is 11.7. The van der Waals surface area contributed by atoms with Gasteiger partial charge in [-0.2, -0.15) is 0 Å². The van der Waals surface area contributed by atoms with Crippen molar-refractivity contribution in [2.75, 3.05) is 36.8 Å². The first kappa shape index (κ1) is 13.4. The van der Waals surface area contributed by atoms with Crippen LogP contribution in [0.5, 0.6) is 0 Å². The molecule has 18 heavy (non-hydrogen) atoms. The Balaban J connectivity index is 2.11. The molecule has 100 valence electrons. The number of rotatable bonds is 4. The van der Waals surface area contributed by atoms with Crippen molar-refractivity contribution in [2.24, 2.45) is 0 Å². The van der Waals surface area contributed by atoms with Crippen LogP contribution in [-0.4, -0.2) is 47.1 Å². The molecular formula is C12H20ClN5. The molecule has 0 radical (unpaired) electrons. The van der Waals surface area contributed by atoms with Gasteiger partial charge in [-0.25, -0.2) is 9.97 Å². The minimum Gasteiger partial charge on any atom is -0.393 e. The Bertz CT molecular complexity index is 407. The summed E-state index contributed by atoms with van der Waals surface area (Å²) in [6.07, 6.45) is 2.61. The summed E-state index contributed by atoms with van der Waals surface area (Å²) in [7, 11) is 0. The van der Waals surface area contributed by atoms with E-state index in [1.807, 2.05) is 0 Å². The van der Waals surface area contributed by atoms with Gasteiger partial charge in [-0.05, 0) is 19.5 Å². The van der Waals surface area contributed by atoms with E-state index in [4.69, 9.17) is 17.3 Å². The summed E-state index contributed by atoms with van der Waals surface area (Å²) in [5.41, 5.74) is 6.42. The van der Waals surface area contributed by atoms with E-state index in [2.05, 4.69) is 33.6 Å². The number of nitrogens with two attached hydrogens (primary N) is 1. The lowest BCUT2D eigenvalue weighted by atomic mass is 10.2. The van der Waals surface area contributed by atoms with Crippen molar-refractivity contribution in [2.45, 2.75) is 26.3 Å². The maximum Gasteiger partial charge on any atom is 0.157 e. The summed E-state index contributed by atoms with van der Waals surface area (Å²) in [4.78, 5) is 12.8. The molecule has 0 saturated carbocycles. The van der Waals surface area contributed by atoms with Crippen molar-refractivity contribution in [1.82, 2.24) is 14.9 Å². The average Bonchev–Trinajstić information content (AvgIpc) is 2.84. The van der Waals surface area contributed by atoms with Gasteiger partial charge in [-0.1, -0.05) is 25.4 Å². The maximum absolute atomic E-state index is 5.94. The first-order chi connectivity index (χ1) is 8.67. The van der Waals surface area contributed by atoms with Crippen molar-refractivity contribution in [3.8, 4) is 0 Å². The Labute approximate surface area is 113 Å². The third-order valence-corrected chi connectivity index (χ3v) is 3.91. The van der Waals surface area contributed by atoms with Crippen LogP contribution in [-0.2, 0) is 0 Å². The Hall–Kier alpha value is -1.07. The van der Waals surface area contributed by atoms with Crippen molar-refractivity contribution in [3.63, 3.8) is 0 Å². The van der Waals surface area contributed by atoms with Gasteiger partial charge in [0.25, 0.3) is 0 Å². The molecule has 6 heteroatoms. The van der Waals surface area contributed by atoms with E-state index in [0.29, 0.717) is 16.9 Å². The summed E-state index contributed by atoms with van der Waals surface area (Å²) in [6, 6.07) is 0.577. The standard InChI is InChI=1S/C12H20ClN5/c1-3-17(4-2)9-5-6-18(7-9)12-10(14)11(13)15-8-16-12/h8-9H,3-7,14H2,1-2H3. The molecule has 2 heterocycles. The van der Waals surface area contributed by atoms with E-state index in [0.717, 1.165) is 38.4 Å². The maximum atomic E-state index is 5.94. The van der Waals surface area contributed by atoms with Gasteiger partial charge in [-0.3, -0.25) is 4.90 Å². The van der Waals surface area contributed by atoms with E-state index >= 15 is 0 Å². The number of anilines is 2.